The molecule has 124 valence electrons. The number of hydrogen-bond donors (Lipinski definition) is 1. The highest BCUT2D eigenvalue weighted by Gasteiger charge is 2.25. The van der Waals surface area contributed by atoms with Crippen LogP contribution in [0.1, 0.15) is 16.2 Å². The van der Waals surface area contributed by atoms with E-state index in [0.717, 1.165) is 23.1 Å². The fourth-order valence-electron chi connectivity index (χ4n) is 3.07. The van der Waals surface area contributed by atoms with Gasteiger partial charge in [-0.25, -0.2) is 4.98 Å². The monoisotopic (exact) mass is 316 g/mol. The van der Waals surface area contributed by atoms with Gasteiger partial charge in [0.2, 0.25) is 0 Å². The molecule has 23 heavy (non-hydrogen) atoms. The molecule has 1 fully saturated rings. The molecule has 1 N–H and O–H groups in total. The van der Waals surface area contributed by atoms with Gasteiger partial charge in [0, 0.05) is 25.6 Å². The molecule has 1 aliphatic rings. The molecule has 1 aromatic carbocycles. The van der Waals surface area contributed by atoms with Crippen LogP contribution >= 0.6 is 0 Å². The summed E-state index contributed by atoms with van der Waals surface area (Å²) in [6.07, 6.45) is 0. The molecule has 0 aliphatic carbocycles. The van der Waals surface area contributed by atoms with E-state index in [4.69, 9.17) is 4.74 Å². The van der Waals surface area contributed by atoms with E-state index in [1.54, 1.807) is 0 Å². The summed E-state index contributed by atoms with van der Waals surface area (Å²) in [4.78, 5) is 24.4. The number of carbonyl (C=O) groups excluding carboxylic acids is 1. The third kappa shape index (κ3) is 3.71. The maximum Gasteiger partial charge on any atom is 0.289 e. The summed E-state index contributed by atoms with van der Waals surface area (Å²) in [5.41, 5.74) is 2.88. The largest absolute Gasteiger partial charge is 0.379 e. The minimum absolute atomic E-state index is 0.0480. The van der Waals surface area contributed by atoms with Crippen molar-refractivity contribution >= 4 is 16.9 Å². The molecule has 6 nitrogen and oxygen atoms in total. The van der Waals surface area contributed by atoms with Gasteiger partial charge in [0.05, 0.1) is 24.2 Å². The molecule has 1 amide bonds. The second-order valence-electron chi connectivity index (χ2n) is 6.56. The Morgan fingerprint density at radius 2 is 2.30 bits per heavy atom. The molecule has 1 unspecified atom stereocenters. The van der Waals surface area contributed by atoms with Gasteiger partial charge in [-0.1, -0.05) is 6.07 Å². The van der Waals surface area contributed by atoms with Crippen LogP contribution < -0.4 is 0 Å². The van der Waals surface area contributed by atoms with E-state index in [9.17, 15) is 4.79 Å². The smallest absolute Gasteiger partial charge is 0.289 e. The van der Waals surface area contributed by atoms with E-state index in [0.29, 0.717) is 38.0 Å². The van der Waals surface area contributed by atoms with Crippen molar-refractivity contribution in [2.75, 3.05) is 46.9 Å². The highest BCUT2D eigenvalue weighted by molar-refractivity contribution is 5.94. The standard InChI is InChI=1S/C17H24N4O2/c1-12-4-5-14-15(8-12)19-16(18-14)17(22)21-6-7-23-11-13(10-21)9-20(2)3/h4-5,8,13H,6-7,9-11H2,1-3H3,(H,18,19). The summed E-state index contributed by atoms with van der Waals surface area (Å²) in [5.74, 6) is 0.687. The zero-order valence-electron chi connectivity index (χ0n) is 14.0. The zero-order chi connectivity index (χ0) is 16.4. The first kappa shape index (κ1) is 16.0. The summed E-state index contributed by atoms with van der Waals surface area (Å²) < 4.78 is 5.65. The van der Waals surface area contributed by atoms with Gasteiger partial charge in [-0.3, -0.25) is 4.79 Å². The molecular formula is C17H24N4O2. The summed E-state index contributed by atoms with van der Waals surface area (Å²) in [6, 6.07) is 5.96. The fourth-order valence-corrected chi connectivity index (χ4v) is 3.07. The summed E-state index contributed by atoms with van der Waals surface area (Å²) in [7, 11) is 4.08. The van der Waals surface area contributed by atoms with E-state index >= 15 is 0 Å². The second kappa shape index (κ2) is 6.68. The van der Waals surface area contributed by atoms with E-state index in [1.165, 1.54) is 0 Å². The van der Waals surface area contributed by atoms with Crippen LogP contribution in [0.4, 0.5) is 0 Å². The summed E-state index contributed by atoms with van der Waals surface area (Å²) >= 11 is 0. The average Bonchev–Trinajstić information content (AvgIpc) is 2.77. The van der Waals surface area contributed by atoms with Gasteiger partial charge < -0.3 is 19.5 Å². The van der Waals surface area contributed by atoms with Gasteiger partial charge in [-0.15, -0.1) is 0 Å². The van der Waals surface area contributed by atoms with Crippen LogP contribution in [-0.2, 0) is 4.74 Å². The van der Waals surface area contributed by atoms with Crippen LogP contribution in [0.2, 0.25) is 0 Å². The molecule has 2 aromatic rings. The number of ether oxygens (including phenoxy) is 1. The van der Waals surface area contributed by atoms with Crippen LogP contribution in [0.3, 0.4) is 0 Å². The predicted octanol–water partition coefficient (Wildman–Crippen LogP) is 1.52. The van der Waals surface area contributed by atoms with Gasteiger partial charge in [-0.05, 0) is 38.7 Å². The topological polar surface area (TPSA) is 61.5 Å². The van der Waals surface area contributed by atoms with Gasteiger partial charge in [0.25, 0.3) is 5.91 Å². The van der Waals surface area contributed by atoms with E-state index in [-0.39, 0.29) is 5.91 Å². The number of carbonyl (C=O) groups is 1. The Hall–Kier alpha value is -1.92. The molecule has 2 heterocycles. The number of H-pyrrole nitrogens is 1. The Morgan fingerprint density at radius 1 is 1.48 bits per heavy atom. The maximum absolute atomic E-state index is 12.8. The zero-order valence-corrected chi connectivity index (χ0v) is 14.0. The molecule has 0 bridgehead atoms. The van der Waals surface area contributed by atoms with Crippen molar-refractivity contribution in [3.05, 3.63) is 29.6 Å². The van der Waals surface area contributed by atoms with E-state index in [1.807, 2.05) is 44.1 Å². The number of benzene rings is 1. The number of nitrogens with zero attached hydrogens (tertiary/aromatic N) is 3. The summed E-state index contributed by atoms with van der Waals surface area (Å²) in [5, 5.41) is 0. The third-order valence-corrected chi connectivity index (χ3v) is 4.09. The maximum atomic E-state index is 12.8. The van der Waals surface area contributed by atoms with Gasteiger partial charge >= 0.3 is 0 Å². The molecule has 1 aromatic heterocycles. The minimum atomic E-state index is -0.0480. The fraction of sp³-hybridized carbons (Fsp3) is 0.529. The first-order chi connectivity index (χ1) is 11.0. The Bertz CT molecular complexity index is 695. The summed E-state index contributed by atoms with van der Waals surface area (Å²) in [6.45, 7) is 5.52. The van der Waals surface area contributed by atoms with Crippen LogP contribution in [0, 0.1) is 12.8 Å². The number of aryl methyl sites for hydroxylation is 1. The second-order valence-corrected chi connectivity index (χ2v) is 6.56. The predicted molar refractivity (Wildman–Crippen MR) is 89.6 cm³/mol. The van der Waals surface area contributed by atoms with Crippen LogP contribution in [0.25, 0.3) is 11.0 Å². The first-order valence-electron chi connectivity index (χ1n) is 8.01. The molecule has 1 saturated heterocycles. The molecule has 3 rings (SSSR count). The molecule has 1 atom stereocenters. The Balaban J connectivity index is 1.79. The Kier molecular flexibility index (Phi) is 4.63. The number of amides is 1. The van der Waals surface area contributed by atoms with E-state index < -0.39 is 0 Å². The van der Waals surface area contributed by atoms with Crippen molar-refractivity contribution in [1.29, 1.82) is 0 Å². The number of aromatic amines is 1. The van der Waals surface area contributed by atoms with Crippen molar-refractivity contribution in [2.45, 2.75) is 6.92 Å². The lowest BCUT2D eigenvalue weighted by Gasteiger charge is -2.24. The lowest BCUT2D eigenvalue weighted by Crippen LogP contribution is -2.39. The molecular weight excluding hydrogens is 292 g/mol. The number of aromatic nitrogens is 2. The minimum Gasteiger partial charge on any atom is -0.379 e. The highest BCUT2D eigenvalue weighted by atomic mass is 16.5. The van der Waals surface area contributed by atoms with E-state index in [2.05, 4.69) is 14.9 Å². The van der Waals surface area contributed by atoms with Gasteiger partial charge in [0.1, 0.15) is 0 Å². The van der Waals surface area contributed by atoms with Crippen molar-refractivity contribution in [3.8, 4) is 0 Å². The normalized spacial score (nSPS) is 19.3. The third-order valence-electron chi connectivity index (χ3n) is 4.09. The van der Waals surface area contributed by atoms with Crippen LogP contribution in [-0.4, -0.2) is 72.6 Å². The van der Waals surface area contributed by atoms with Gasteiger partial charge in [-0.2, -0.15) is 0 Å². The lowest BCUT2D eigenvalue weighted by atomic mass is 10.1. The highest BCUT2D eigenvalue weighted by Crippen LogP contribution is 2.16. The van der Waals surface area contributed by atoms with Crippen molar-refractivity contribution in [3.63, 3.8) is 0 Å². The molecule has 6 heteroatoms. The molecule has 0 radical (unpaired) electrons. The van der Waals surface area contributed by atoms with Crippen molar-refractivity contribution < 1.29 is 9.53 Å². The molecule has 0 saturated carbocycles. The Labute approximate surface area is 136 Å². The first-order valence-corrected chi connectivity index (χ1v) is 8.01. The number of nitrogens with one attached hydrogen (secondary N) is 1. The lowest BCUT2D eigenvalue weighted by molar-refractivity contribution is 0.0724. The average molecular weight is 316 g/mol. The van der Waals surface area contributed by atoms with Crippen molar-refractivity contribution in [2.24, 2.45) is 5.92 Å². The number of hydrogen-bond acceptors (Lipinski definition) is 4. The SMILES string of the molecule is Cc1ccc2nc(C(=O)N3CCOCC(CN(C)C)C3)[nH]c2c1. The number of imidazole rings is 1. The van der Waals surface area contributed by atoms with Gasteiger partial charge in [0.15, 0.2) is 5.82 Å². The number of rotatable bonds is 3. The number of fused-ring (bicyclic) bond motifs is 1. The quantitative estimate of drug-likeness (QED) is 0.933. The molecule has 1 aliphatic heterocycles. The van der Waals surface area contributed by atoms with Crippen molar-refractivity contribution in [1.82, 2.24) is 19.8 Å². The Morgan fingerprint density at radius 3 is 3.09 bits per heavy atom. The van der Waals surface area contributed by atoms with Crippen LogP contribution in [0.15, 0.2) is 18.2 Å². The van der Waals surface area contributed by atoms with Crippen LogP contribution in [0.5, 0.6) is 0 Å². The molecule has 0 spiro atoms.